The van der Waals surface area contributed by atoms with Gasteiger partial charge in [0, 0.05) is 24.9 Å². The molecule has 3 aliphatic rings. The predicted octanol–water partition coefficient (Wildman–Crippen LogP) is 3.99. The first kappa shape index (κ1) is 28.7. The molecule has 12 nitrogen and oxygen atoms in total. The van der Waals surface area contributed by atoms with Crippen LogP contribution in [0.5, 0.6) is 5.75 Å². The van der Waals surface area contributed by atoms with E-state index in [9.17, 15) is 13.2 Å². The fourth-order valence-corrected chi connectivity index (χ4v) is 7.75. The van der Waals surface area contributed by atoms with Crippen molar-refractivity contribution in [3.8, 4) is 17.1 Å². The first-order valence-electron chi connectivity index (χ1n) is 15.0. The number of sulfonamides is 1. The van der Waals surface area contributed by atoms with E-state index in [2.05, 4.69) is 10.1 Å². The Morgan fingerprint density at radius 1 is 1.05 bits per heavy atom. The third kappa shape index (κ3) is 5.51. The summed E-state index contributed by atoms with van der Waals surface area (Å²) in [5, 5.41) is 8.86. The smallest absolute Gasteiger partial charge is 0.277 e. The minimum Gasteiger partial charge on any atom is -0.493 e. The number of nitrogens with zero attached hydrogens (tertiary/aromatic N) is 5. The molecule has 2 aliphatic heterocycles. The Kier molecular flexibility index (Phi) is 8.22. The third-order valence-corrected chi connectivity index (χ3v) is 10.3. The number of imidazole rings is 1. The van der Waals surface area contributed by atoms with Crippen LogP contribution in [0.25, 0.3) is 16.9 Å². The minimum absolute atomic E-state index is 0.0231. The molecule has 3 aromatic rings. The van der Waals surface area contributed by atoms with Crippen molar-refractivity contribution in [3.05, 3.63) is 40.1 Å². The molecule has 2 fully saturated rings. The minimum atomic E-state index is -3.83. The van der Waals surface area contributed by atoms with Crippen LogP contribution in [0.2, 0.25) is 0 Å². The molecule has 42 heavy (non-hydrogen) atoms. The average Bonchev–Trinajstić information content (AvgIpc) is 3.15. The number of nitrogens with one attached hydrogen (secondary N) is 1. The lowest BCUT2D eigenvalue weighted by Gasteiger charge is -2.32. The van der Waals surface area contributed by atoms with Gasteiger partial charge in [-0.2, -0.15) is 4.31 Å². The van der Waals surface area contributed by atoms with Crippen molar-refractivity contribution in [3.63, 3.8) is 0 Å². The number of piperidine rings is 1. The highest BCUT2D eigenvalue weighted by Crippen LogP contribution is 2.35. The fourth-order valence-electron chi connectivity index (χ4n) is 6.26. The zero-order chi connectivity index (χ0) is 29.3. The van der Waals surface area contributed by atoms with Gasteiger partial charge in [0.25, 0.3) is 5.56 Å². The maximum Gasteiger partial charge on any atom is 0.277 e. The van der Waals surface area contributed by atoms with Crippen LogP contribution in [0, 0.1) is 12.8 Å². The summed E-state index contributed by atoms with van der Waals surface area (Å²) in [4.78, 5) is 26.3. The van der Waals surface area contributed by atoms with E-state index in [-0.39, 0.29) is 28.1 Å². The van der Waals surface area contributed by atoms with Crippen LogP contribution in [-0.4, -0.2) is 71.1 Å². The molecule has 4 heterocycles. The second kappa shape index (κ2) is 12.0. The topological polar surface area (TPSA) is 140 Å². The van der Waals surface area contributed by atoms with Gasteiger partial charge in [0.1, 0.15) is 18.2 Å². The summed E-state index contributed by atoms with van der Waals surface area (Å²) >= 11 is 0. The van der Waals surface area contributed by atoms with Gasteiger partial charge in [-0.25, -0.2) is 17.9 Å². The Bertz CT molecular complexity index is 1630. The van der Waals surface area contributed by atoms with Gasteiger partial charge in [-0.05, 0) is 57.7 Å². The SMILES string of the molecule is CCOc1ccc(S(=O)(=O)N2CCC(C3=NOCCO3)CC2)cc1-c1nn2c(C3CCCCCC3)nc(C)c2c(=O)[nH]1. The van der Waals surface area contributed by atoms with Crippen molar-refractivity contribution in [2.24, 2.45) is 11.1 Å². The van der Waals surface area contributed by atoms with Crippen molar-refractivity contribution in [1.29, 1.82) is 0 Å². The summed E-state index contributed by atoms with van der Waals surface area (Å²) < 4.78 is 42.2. The van der Waals surface area contributed by atoms with Crippen LogP contribution in [0.3, 0.4) is 0 Å². The first-order valence-corrected chi connectivity index (χ1v) is 16.4. The summed E-state index contributed by atoms with van der Waals surface area (Å²) in [6, 6.07) is 4.73. The van der Waals surface area contributed by atoms with E-state index in [1.165, 1.54) is 17.1 Å². The molecule has 1 aromatic carbocycles. The number of aromatic nitrogens is 4. The van der Waals surface area contributed by atoms with E-state index >= 15 is 0 Å². The standard InChI is InChI=1S/C29H38N6O6S/c1-3-39-24-11-10-22(42(37,38)34-14-12-21(13-15-34)29-33-41-17-16-40-29)18-23(24)26-31-28(36)25-19(2)30-27(35(25)32-26)20-8-6-4-5-7-9-20/h10-11,18,20-21H,3-9,12-17H2,1-2H3,(H,31,32,36). The molecule has 0 bridgehead atoms. The first-order chi connectivity index (χ1) is 20.4. The van der Waals surface area contributed by atoms with E-state index < -0.39 is 10.0 Å². The second-order valence-corrected chi connectivity index (χ2v) is 13.1. The van der Waals surface area contributed by atoms with Crippen molar-refractivity contribution in [1.82, 2.24) is 23.9 Å². The lowest BCUT2D eigenvalue weighted by Crippen LogP contribution is -2.41. The van der Waals surface area contributed by atoms with Crippen molar-refractivity contribution < 1.29 is 22.7 Å². The zero-order valence-corrected chi connectivity index (χ0v) is 25.0. The molecule has 1 saturated carbocycles. The van der Waals surface area contributed by atoms with Gasteiger partial charge in [0.15, 0.2) is 17.9 Å². The summed E-state index contributed by atoms with van der Waals surface area (Å²) in [6.07, 6.45) is 7.82. The Morgan fingerprint density at radius 3 is 2.50 bits per heavy atom. The van der Waals surface area contributed by atoms with Gasteiger partial charge >= 0.3 is 0 Å². The lowest BCUT2D eigenvalue weighted by molar-refractivity contribution is 0.0544. The normalized spacial score (nSPS) is 19.6. The molecule has 0 unspecified atom stereocenters. The Morgan fingerprint density at radius 2 is 1.81 bits per heavy atom. The van der Waals surface area contributed by atoms with E-state index in [1.807, 2.05) is 13.8 Å². The number of ether oxygens (including phenoxy) is 2. The number of rotatable bonds is 7. The second-order valence-electron chi connectivity index (χ2n) is 11.2. The zero-order valence-electron chi connectivity index (χ0n) is 24.2. The van der Waals surface area contributed by atoms with Gasteiger partial charge in [0.05, 0.1) is 22.8 Å². The molecule has 0 spiro atoms. The number of oxime groups is 1. The quantitative estimate of drug-likeness (QED) is 0.403. The maximum atomic E-state index is 13.8. The molecule has 0 amide bonds. The van der Waals surface area contributed by atoms with E-state index in [0.717, 1.165) is 31.5 Å². The highest BCUT2D eigenvalue weighted by Gasteiger charge is 2.33. The number of H-pyrrole nitrogens is 1. The average molecular weight is 599 g/mol. The summed E-state index contributed by atoms with van der Waals surface area (Å²) in [5.41, 5.74) is 1.14. The summed E-state index contributed by atoms with van der Waals surface area (Å²) in [7, 11) is -3.83. The molecule has 1 N–H and O–H groups in total. The van der Waals surface area contributed by atoms with Gasteiger partial charge in [-0.15, -0.1) is 5.10 Å². The molecule has 13 heteroatoms. The molecule has 2 aromatic heterocycles. The number of hydrogen-bond donors (Lipinski definition) is 1. The van der Waals surface area contributed by atoms with E-state index in [1.54, 1.807) is 22.7 Å². The third-order valence-electron chi connectivity index (χ3n) is 8.45. The molecule has 6 rings (SSSR count). The largest absolute Gasteiger partial charge is 0.493 e. The van der Waals surface area contributed by atoms with Gasteiger partial charge in [-0.1, -0.05) is 30.8 Å². The van der Waals surface area contributed by atoms with Crippen LogP contribution in [0.4, 0.5) is 0 Å². The van der Waals surface area contributed by atoms with Crippen LogP contribution in [-0.2, 0) is 19.6 Å². The molecule has 1 aliphatic carbocycles. The molecular formula is C29H38N6O6S. The van der Waals surface area contributed by atoms with Gasteiger partial charge in [0.2, 0.25) is 15.9 Å². The molecule has 0 atom stereocenters. The Labute approximate surface area is 245 Å². The van der Waals surface area contributed by atoms with Crippen molar-refractivity contribution >= 4 is 21.4 Å². The van der Waals surface area contributed by atoms with Crippen LogP contribution < -0.4 is 10.3 Å². The highest BCUT2D eigenvalue weighted by molar-refractivity contribution is 7.89. The predicted molar refractivity (Wildman–Crippen MR) is 156 cm³/mol. The van der Waals surface area contributed by atoms with Crippen LogP contribution >= 0.6 is 0 Å². The molecule has 0 radical (unpaired) electrons. The number of fused-ring (bicyclic) bond motifs is 1. The Hall–Kier alpha value is -3.45. The Balaban J connectivity index is 1.35. The monoisotopic (exact) mass is 598 g/mol. The van der Waals surface area contributed by atoms with Gasteiger partial charge in [-0.3, -0.25) is 4.79 Å². The highest BCUT2D eigenvalue weighted by atomic mass is 32.2. The molecular weight excluding hydrogens is 560 g/mol. The summed E-state index contributed by atoms with van der Waals surface area (Å²) in [6.45, 7) is 5.59. The van der Waals surface area contributed by atoms with Crippen LogP contribution in [0.15, 0.2) is 33.0 Å². The fraction of sp³-hybridized carbons (Fsp3) is 0.586. The lowest BCUT2D eigenvalue weighted by atomic mass is 9.98. The van der Waals surface area contributed by atoms with E-state index in [0.29, 0.717) is 74.2 Å². The number of aryl methyl sites for hydroxylation is 1. The van der Waals surface area contributed by atoms with E-state index in [4.69, 9.17) is 24.4 Å². The maximum absolute atomic E-state index is 13.8. The van der Waals surface area contributed by atoms with Gasteiger partial charge < -0.3 is 19.3 Å². The number of aromatic amines is 1. The van der Waals surface area contributed by atoms with Crippen molar-refractivity contribution in [2.75, 3.05) is 32.9 Å². The van der Waals surface area contributed by atoms with Crippen molar-refractivity contribution in [2.45, 2.75) is 76.0 Å². The molecule has 226 valence electrons. The molecule has 1 saturated heterocycles. The number of benzene rings is 1. The summed E-state index contributed by atoms with van der Waals surface area (Å²) in [5.74, 6) is 2.26. The number of hydrogen-bond acceptors (Lipinski definition) is 9. The van der Waals surface area contributed by atoms with Crippen LogP contribution in [0.1, 0.15) is 75.7 Å².